The zero-order valence-corrected chi connectivity index (χ0v) is 13.6. The number of hydrogen-bond donors (Lipinski definition) is 1. The van der Waals surface area contributed by atoms with Gasteiger partial charge < -0.3 is 19.6 Å². The minimum absolute atomic E-state index is 0.00993. The van der Waals surface area contributed by atoms with Crippen molar-refractivity contribution < 1.29 is 13.9 Å². The van der Waals surface area contributed by atoms with E-state index >= 15 is 0 Å². The van der Waals surface area contributed by atoms with Crippen LogP contribution < -0.4 is 15.2 Å². The van der Waals surface area contributed by atoms with E-state index in [1.807, 2.05) is 36.4 Å². The number of nitrogens with zero attached hydrogens (tertiary/aromatic N) is 3. The second kappa shape index (κ2) is 7.47. The number of nitrogens with two attached hydrogens (primary N) is 1. The van der Waals surface area contributed by atoms with Gasteiger partial charge >= 0.3 is 5.89 Å². The van der Waals surface area contributed by atoms with E-state index < -0.39 is 0 Å². The van der Waals surface area contributed by atoms with E-state index in [4.69, 9.17) is 24.9 Å². The zero-order chi connectivity index (χ0) is 17.6. The molecule has 0 radical (unpaired) electrons. The molecule has 0 aliphatic rings. The van der Waals surface area contributed by atoms with E-state index in [2.05, 4.69) is 9.97 Å². The lowest BCUT2D eigenvalue weighted by atomic mass is 10.1. The number of benzene rings is 1. The number of methoxy groups -OCH3 is 1. The van der Waals surface area contributed by atoms with Crippen LogP contribution in [0.3, 0.4) is 0 Å². The van der Waals surface area contributed by atoms with E-state index in [0.717, 1.165) is 11.1 Å². The molecular formula is C18H16N4O3. The maximum Gasteiger partial charge on any atom is 0.301 e. The third-order valence-corrected chi connectivity index (χ3v) is 3.44. The number of rotatable bonds is 6. The van der Waals surface area contributed by atoms with Gasteiger partial charge in [0.15, 0.2) is 11.8 Å². The molecule has 0 spiro atoms. The second-order valence-electron chi connectivity index (χ2n) is 5.06. The fraction of sp³-hybridized carbons (Fsp3) is 0.167. The fourth-order valence-electron chi connectivity index (χ4n) is 2.28. The smallest absolute Gasteiger partial charge is 0.301 e. The Bertz CT molecular complexity index is 880. The first-order chi connectivity index (χ1) is 12.2. The lowest BCUT2D eigenvalue weighted by molar-refractivity contribution is 0.328. The maximum absolute atomic E-state index is 9.12. The molecule has 0 amide bonds. The summed E-state index contributed by atoms with van der Waals surface area (Å²) in [5, 5.41) is 9.12. The summed E-state index contributed by atoms with van der Waals surface area (Å²) < 4.78 is 16.1. The summed E-state index contributed by atoms with van der Waals surface area (Å²) in [5.74, 6) is 1.69. The van der Waals surface area contributed by atoms with Crippen LogP contribution in [0.25, 0.3) is 22.6 Å². The van der Waals surface area contributed by atoms with Crippen molar-refractivity contribution in [2.45, 2.75) is 0 Å². The number of aromatic nitrogens is 2. The molecule has 7 heteroatoms. The molecule has 25 heavy (non-hydrogen) atoms. The van der Waals surface area contributed by atoms with Crippen LogP contribution in [0.1, 0.15) is 5.89 Å². The van der Waals surface area contributed by atoms with Crippen molar-refractivity contribution in [3.05, 3.63) is 48.5 Å². The molecule has 0 atom stereocenters. The second-order valence-corrected chi connectivity index (χ2v) is 5.06. The van der Waals surface area contributed by atoms with E-state index in [1.165, 1.54) is 0 Å². The highest BCUT2D eigenvalue weighted by molar-refractivity contribution is 5.77. The Balaban J connectivity index is 1.98. The van der Waals surface area contributed by atoms with Crippen LogP contribution in [-0.2, 0) is 0 Å². The predicted molar refractivity (Wildman–Crippen MR) is 91.0 cm³/mol. The first-order valence-corrected chi connectivity index (χ1v) is 7.60. The van der Waals surface area contributed by atoms with Crippen molar-refractivity contribution in [3.8, 4) is 40.3 Å². The summed E-state index contributed by atoms with van der Waals surface area (Å²) in [7, 11) is 1.55. The molecule has 0 unspecified atom stereocenters. The summed E-state index contributed by atoms with van der Waals surface area (Å²) in [5.41, 5.74) is 7.47. The molecule has 0 saturated carbocycles. The van der Waals surface area contributed by atoms with Crippen molar-refractivity contribution in [1.29, 1.82) is 5.26 Å². The standard InChI is InChI=1S/C18H16N4O3/c1-23-15-7-4-13(11-21-15)17-18(25-16(10-20)22-17)12-2-5-14(6-3-12)24-9-8-19/h2-7,11H,8-9,19H2,1H3. The summed E-state index contributed by atoms with van der Waals surface area (Å²) in [6.45, 7) is 0.896. The Kier molecular flexibility index (Phi) is 4.92. The van der Waals surface area contributed by atoms with Crippen LogP contribution in [-0.4, -0.2) is 30.2 Å². The van der Waals surface area contributed by atoms with Gasteiger partial charge in [0.25, 0.3) is 0 Å². The molecule has 2 aromatic heterocycles. The highest BCUT2D eigenvalue weighted by Crippen LogP contribution is 2.33. The molecule has 0 aliphatic carbocycles. The van der Waals surface area contributed by atoms with Crippen LogP contribution in [0.4, 0.5) is 0 Å². The van der Waals surface area contributed by atoms with Crippen LogP contribution >= 0.6 is 0 Å². The first kappa shape index (κ1) is 16.5. The lowest BCUT2D eigenvalue weighted by Gasteiger charge is -2.06. The Hall–Kier alpha value is -3.37. The number of pyridine rings is 1. The van der Waals surface area contributed by atoms with Gasteiger partial charge in [-0.25, -0.2) is 4.98 Å². The van der Waals surface area contributed by atoms with E-state index in [0.29, 0.717) is 36.2 Å². The van der Waals surface area contributed by atoms with Crippen molar-refractivity contribution in [3.63, 3.8) is 0 Å². The lowest BCUT2D eigenvalue weighted by Crippen LogP contribution is -2.10. The van der Waals surface area contributed by atoms with Gasteiger partial charge in [-0.05, 0) is 30.3 Å². The Labute approximate surface area is 144 Å². The molecule has 126 valence electrons. The molecular weight excluding hydrogens is 320 g/mol. The first-order valence-electron chi connectivity index (χ1n) is 7.60. The minimum atomic E-state index is -0.00993. The fourth-order valence-corrected chi connectivity index (χ4v) is 2.28. The minimum Gasteiger partial charge on any atom is -0.492 e. The maximum atomic E-state index is 9.12. The van der Waals surface area contributed by atoms with Crippen molar-refractivity contribution in [1.82, 2.24) is 9.97 Å². The highest BCUT2D eigenvalue weighted by Gasteiger charge is 2.17. The molecule has 0 fully saturated rings. The average Bonchev–Trinajstić information content (AvgIpc) is 3.11. The highest BCUT2D eigenvalue weighted by atomic mass is 16.5. The van der Waals surface area contributed by atoms with Gasteiger partial charge in [-0.15, -0.1) is 0 Å². The average molecular weight is 336 g/mol. The summed E-state index contributed by atoms with van der Waals surface area (Å²) >= 11 is 0. The van der Waals surface area contributed by atoms with Gasteiger partial charge in [-0.3, -0.25) is 0 Å². The van der Waals surface area contributed by atoms with Crippen molar-refractivity contribution >= 4 is 0 Å². The van der Waals surface area contributed by atoms with Gasteiger partial charge in [-0.1, -0.05) is 0 Å². The van der Waals surface area contributed by atoms with E-state index in [1.54, 1.807) is 19.4 Å². The summed E-state index contributed by atoms with van der Waals surface area (Å²) in [6, 6.07) is 12.8. The molecule has 1 aromatic carbocycles. The topological polar surface area (TPSA) is 107 Å². The zero-order valence-electron chi connectivity index (χ0n) is 13.6. The largest absolute Gasteiger partial charge is 0.492 e. The quantitative estimate of drug-likeness (QED) is 0.737. The molecule has 0 saturated heterocycles. The molecule has 0 aliphatic heterocycles. The monoisotopic (exact) mass is 336 g/mol. The van der Waals surface area contributed by atoms with E-state index in [-0.39, 0.29) is 5.89 Å². The van der Waals surface area contributed by atoms with Crippen LogP contribution in [0.2, 0.25) is 0 Å². The van der Waals surface area contributed by atoms with Crippen LogP contribution in [0, 0.1) is 11.3 Å². The Morgan fingerprint density at radius 2 is 1.92 bits per heavy atom. The normalized spacial score (nSPS) is 10.3. The molecule has 3 rings (SSSR count). The van der Waals surface area contributed by atoms with Crippen molar-refractivity contribution in [2.24, 2.45) is 5.73 Å². The molecule has 7 nitrogen and oxygen atoms in total. The van der Waals surface area contributed by atoms with Crippen molar-refractivity contribution in [2.75, 3.05) is 20.3 Å². The number of nitriles is 1. The van der Waals surface area contributed by atoms with E-state index in [9.17, 15) is 0 Å². The van der Waals surface area contributed by atoms with Gasteiger partial charge in [0.2, 0.25) is 5.88 Å². The van der Waals surface area contributed by atoms with Crippen LogP contribution in [0.15, 0.2) is 47.0 Å². The van der Waals surface area contributed by atoms with Gasteiger partial charge in [-0.2, -0.15) is 10.2 Å². The summed E-state index contributed by atoms with van der Waals surface area (Å²) in [6.07, 6.45) is 1.63. The van der Waals surface area contributed by atoms with Crippen LogP contribution in [0.5, 0.6) is 11.6 Å². The molecule has 2 heterocycles. The van der Waals surface area contributed by atoms with Gasteiger partial charge in [0, 0.05) is 29.9 Å². The Morgan fingerprint density at radius 1 is 1.16 bits per heavy atom. The number of oxazole rings is 1. The third kappa shape index (κ3) is 3.59. The molecule has 3 aromatic rings. The predicted octanol–water partition coefficient (Wildman–Crippen LogP) is 2.62. The SMILES string of the molecule is COc1ccc(-c2nc(C#N)oc2-c2ccc(OCCN)cc2)cn1. The van der Waals surface area contributed by atoms with Gasteiger partial charge in [0.05, 0.1) is 7.11 Å². The number of ether oxygens (including phenoxy) is 2. The Morgan fingerprint density at radius 3 is 2.52 bits per heavy atom. The number of hydrogen-bond acceptors (Lipinski definition) is 7. The molecule has 0 bridgehead atoms. The molecule has 2 N–H and O–H groups in total. The summed E-state index contributed by atoms with van der Waals surface area (Å²) in [4.78, 5) is 8.42. The third-order valence-electron chi connectivity index (χ3n) is 3.44. The van der Waals surface area contributed by atoms with Gasteiger partial charge in [0.1, 0.15) is 18.1 Å².